The van der Waals surface area contributed by atoms with E-state index in [1.54, 1.807) is 0 Å². The molecule has 0 bridgehead atoms. The molecule has 0 radical (unpaired) electrons. The van der Waals surface area contributed by atoms with E-state index in [1.165, 1.54) is 12.1 Å². The third kappa shape index (κ3) is 8.06. The van der Waals surface area contributed by atoms with Gasteiger partial charge in [-0.3, -0.25) is 9.69 Å². The second-order valence-electron chi connectivity index (χ2n) is 6.03. The Morgan fingerprint density at radius 1 is 1.04 bits per heavy atom. The minimum Gasteiger partial charge on any atom is -0.379 e. The summed E-state index contributed by atoms with van der Waals surface area (Å²) in [6.45, 7) is 18.4. The van der Waals surface area contributed by atoms with E-state index in [1.807, 2.05) is 13.8 Å². The van der Waals surface area contributed by atoms with Gasteiger partial charge in [0.05, 0.1) is 35.6 Å². The van der Waals surface area contributed by atoms with Crippen molar-refractivity contribution < 1.29 is 21.6 Å². The van der Waals surface area contributed by atoms with Gasteiger partial charge in [-0.15, -0.1) is 0 Å². The number of benzene rings is 1. The van der Waals surface area contributed by atoms with Crippen LogP contribution in [0.5, 0.6) is 0 Å². The van der Waals surface area contributed by atoms with Crippen LogP contribution in [-0.4, -0.2) is 47.6 Å². The lowest BCUT2D eigenvalue weighted by atomic mass is 10.3. The first-order valence-corrected chi connectivity index (χ1v) is 11.6. The van der Waals surface area contributed by atoms with Gasteiger partial charge in [-0.25, -0.2) is 21.6 Å². The highest BCUT2D eigenvalue weighted by molar-refractivity contribution is 7.91. The maximum atomic E-state index is 12.3. The Labute approximate surface area is 161 Å². The SMILES string of the molecule is [C-]#[N+]c1ccc(S(=O)(=O)CCCS(=O)(=O)NCCCOC(C)C)cc1[N+]#[C-]. The van der Waals surface area contributed by atoms with Crippen molar-refractivity contribution in [2.45, 2.75) is 37.7 Å². The third-order valence-corrected chi connectivity index (χ3v) is 6.74. The summed E-state index contributed by atoms with van der Waals surface area (Å²) in [7, 11) is -7.31. The van der Waals surface area contributed by atoms with Gasteiger partial charge in [0.15, 0.2) is 21.2 Å². The van der Waals surface area contributed by atoms with Crippen LogP contribution in [0.3, 0.4) is 0 Å². The van der Waals surface area contributed by atoms with Crippen molar-refractivity contribution in [1.82, 2.24) is 4.72 Å². The highest BCUT2D eigenvalue weighted by atomic mass is 32.2. The smallest absolute Gasteiger partial charge is 0.211 e. The molecule has 0 aromatic heterocycles. The highest BCUT2D eigenvalue weighted by Gasteiger charge is 2.18. The summed E-state index contributed by atoms with van der Waals surface area (Å²) in [4.78, 5) is 6.22. The van der Waals surface area contributed by atoms with Crippen molar-refractivity contribution in [1.29, 1.82) is 0 Å². The zero-order chi connectivity index (χ0) is 20.5. The Balaban J connectivity index is 2.57. The maximum Gasteiger partial charge on any atom is 0.211 e. The van der Waals surface area contributed by atoms with Crippen molar-refractivity contribution in [2.75, 3.05) is 24.7 Å². The summed E-state index contributed by atoms with van der Waals surface area (Å²) in [5.41, 5.74) is 0.0427. The van der Waals surface area contributed by atoms with E-state index in [4.69, 9.17) is 17.9 Å². The fourth-order valence-corrected chi connectivity index (χ4v) is 4.76. The summed E-state index contributed by atoms with van der Waals surface area (Å²) in [6, 6.07) is 3.70. The van der Waals surface area contributed by atoms with Crippen LogP contribution in [0.25, 0.3) is 9.69 Å². The van der Waals surface area contributed by atoms with Crippen LogP contribution < -0.4 is 4.72 Å². The minimum absolute atomic E-state index is 0.0380. The van der Waals surface area contributed by atoms with Gasteiger partial charge in [0.1, 0.15) is 0 Å². The van der Waals surface area contributed by atoms with E-state index < -0.39 is 19.9 Å². The van der Waals surface area contributed by atoms with Gasteiger partial charge >= 0.3 is 0 Å². The van der Waals surface area contributed by atoms with E-state index in [2.05, 4.69) is 14.4 Å². The van der Waals surface area contributed by atoms with Crippen molar-refractivity contribution in [2.24, 2.45) is 0 Å². The first-order valence-electron chi connectivity index (χ1n) is 8.32. The van der Waals surface area contributed by atoms with Crippen LogP contribution in [0.15, 0.2) is 23.1 Å². The molecule has 1 rings (SSSR count). The lowest BCUT2D eigenvalue weighted by Gasteiger charge is -2.09. The summed E-state index contributed by atoms with van der Waals surface area (Å²) in [5, 5.41) is 0. The normalized spacial score (nSPS) is 11.9. The average molecular weight is 414 g/mol. The number of sulfone groups is 1. The van der Waals surface area contributed by atoms with Crippen LogP contribution in [0, 0.1) is 13.1 Å². The molecule has 27 heavy (non-hydrogen) atoms. The van der Waals surface area contributed by atoms with Crippen molar-refractivity contribution in [3.05, 3.63) is 41.0 Å². The molecule has 1 aromatic rings. The molecular weight excluding hydrogens is 390 g/mol. The van der Waals surface area contributed by atoms with Crippen LogP contribution in [0.1, 0.15) is 26.7 Å². The predicted octanol–water partition coefficient (Wildman–Crippen LogP) is 2.69. The highest BCUT2D eigenvalue weighted by Crippen LogP contribution is 2.31. The van der Waals surface area contributed by atoms with Gasteiger partial charge in [-0.05, 0) is 32.8 Å². The zero-order valence-electron chi connectivity index (χ0n) is 15.3. The first kappa shape index (κ1) is 23.1. The fraction of sp³-hybridized carbons (Fsp3) is 0.529. The van der Waals surface area contributed by atoms with E-state index in [0.717, 1.165) is 6.07 Å². The minimum atomic E-state index is -3.74. The van der Waals surface area contributed by atoms with Crippen LogP contribution >= 0.6 is 0 Å². The Bertz CT molecular complexity index is 926. The van der Waals surface area contributed by atoms with Gasteiger partial charge in [-0.1, -0.05) is 12.1 Å². The molecule has 0 atom stereocenters. The summed E-state index contributed by atoms with van der Waals surface area (Å²) in [6.07, 6.45) is 0.541. The average Bonchev–Trinajstić information content (AvgIpc) is 2.60. The first-order chi connectivity index (χ1) is 12.6. The fourth-order valence-electron chi connectivity index (χ4n) is 2.13. The number of hydrogen-bond acceptors (Lipinski definition) is 5. The molecule has 0 saturated carbocycles. The topological polar surface area (TPSA) is 98.3 Å². The molecule has 10 heteroatoms. The Hall–Kier alpha value is -1.98. The number of nitrogens with one attached hydrogen (secondary N) is 1. The van der Waals surface area contributed by atoms with Crippen molar-refractivity contribution in [3.63, 3.8) is 0 Å². The molecule has 0 amide bonds. The van der Waals surface area contributed by atoms with Crippen molar-refractivity contribution in [3.8, 4) is 0 Å². The van der Waals surface area contributed by atoms with Gasteiger partial charge in [-0.2, -0.15) is 0 Å². The van der Waals surface area contributed by atoms with Crippen molar-refractivity contribution >= 4 is 31.2 Å². The summed E-state index contributed by atoms with van der Waals surface area (Å²) < 4.78 is 56.2. The quantitative estimate of drug-likeness (QED) is 0.444. The lowest BCUT2D eigenvalue weighted by Crippen LogP contribution is -2.29. The molecule has 1 aromatic carbocycles. The lowest BCUT2D eigenvalue weighted by molar-refractivity contribution is 0.0778. The zero-order valence-corrected chi connectivity index (χ0v) is 16.9. The predicted molar refractivity (Wildman–Crippen MR) is 103 cm³/mol. The molecule has 148 valence electrons. The molecule has 0 fully saturated rings. The van der Waals surface area contributed by atoms with Crippen LogP contribution in [-0.2, 0) is 24.6 Å². The molecule has 8 nitrogen and oxygen atoms in total. The Kier molecular flexibility index (Phi) is 8.86. The monoisotopic (exact) mass is 413 g/mol. The maximum absolute atomic E-state index is 12.3. The van der Waals surface area contributed by atoms with Gasteiger partial charge in [0.2, 0.25) is 10.0 Å². The molecule has 0 saturated heterocycles. The molecular formula is C17H23N3O5S2. The number of rotatable bonds is 11. The summed E-state index contributed by atoms with van der Waals surface area (Å²) >= 11 is 0. The molecule has 0 heterocycles. The number of nitrogens with zero attached hydrogens (tertiary/aromatic N) is 2. The summed E-state index contributed by atoms with van der Waals surface area (Å²) in [5.74, 6) is -0.674. The third-order valence-electron chi connectivity index (χ3n) is 3.47. The standard InChI is InChI=1S/C17H23N3O5S2/c1-14(2)25-10-5-9-20-27(23,24)12-6-11-26(21,22)15-7-8-16(18-3)17(13-15)19-4/h7-8,13-14,20H,5-6,9-12H2,1-2H3. The van der Waals surface area contributed by atoms with E-state index in [-0.39, 0.29) is 46.8 Å². The second kappa shape index (κ2) is 10.4. The number of ether oxygens (including phenoxy) is 1. The number of hydrogen-bond donors (Lipinski definition) is 1. The largest absolute Gasteiger partial charge is 0.379 e. The van der Waals surface area contributed by atoms with E-state index in [0.29, 0.717) is 13.0 Å². The van der Waals surface area contributed by atoms with Gasteiger partial charge in [0, 0.05) is 13.2 Å². The van der Waals surface area contributed by atoms with Gasteiger partial charge < -0.3 is 4.74 Å². The second-order valence-corrected chi connectivity index (χ2v) is 10.1. The van der Waals surface area contributed by atoms with E-state index >= 15 is 0 Å². The number of sulfonamides is 1. The molecule has 1 N–H and O–H groups in total. The Morgan fingerprint density at radius 3 is 2.30 bits per heavy atom. The van der Waals surface area contributed by atoms with Crippen LogP contribution in [0.2, 0.25) is 0 Å². The molecule has 0 aliphatic carbocycles. The van der Waals surface area contributed by atoms with E-state index in [9.17, 15) is 16.8 Å². The Morgan fingerprint density at radius 2 is 1.70 bits per heavy atom. The molecule has 0 unspecified atom stereocenters. The molecule has 0 aliphatic rings. The van der Waals surface area contributed by atoms with Gasteiger partial charge in [0.25, 0.3) is 0 Å². The molecule has 0 spiro atoms. The molecule has 0 aliphatic heterocycles. The van der Waals surface area contributed by atoms with Crippen LogP contribution in [0.4, 0.5) is 11.4 Å².